The Morgan fingerprint density at radius 3 is 1.68 bits per heavy atom. The van der Waals surface area contributed by atoms with Gasteiger partial charge in [-0.3, -0.25) is 0 Å². The second kappa shape index (κ2) is 13.0. The minimum Gasteiger partial charge on any atom is -0.321 e. The van der Waals surface area contributed by atoms with Gasteiger partial charge < -0.3 is 4.48 Å². The Kier molecular flexibility index (Phi) is 8.88. The summed E-state index contributed by atoms with van der Waals surface area (Å²) in [6.45, 7) is 7.60. The predicted molar refractivity (Wildman–Crippen MR) is 187 cm³/mol. The molecule has 0 fully saturated rings. The molecule has 1 unspecified atom stereocenters. The molecule has 44 heavy (non-hydrogen) atoms. The third-order valence-electron chi connectivity index (χ3n) is 8.23. The maximum Gasteiger partial charge on any atom is 0.278 e. The van der Waals surface area contributed by atoms with Crippen LogP contribution in [0.4, 0.5) is 0 Å². The molecule has 0 spiro atoms. The van der Waals surface area contributed by atoms with Crippen LogP contribution in [0.15, 0.2) is 132 Å². The SMILES string of the molecule is Cc1cc(C)cc(C[N+](C)(C)Cc2ccc(CN(Cc3ccc4ccccc4c3)[S+](O)c3ccc4ccccc4c3)cc2)c1. The summed E-state index contributed by atoms with van der Waals surface area (Å²) in [7, 11) is 4.61. The van der Waals surface area contributed by atoms with E-state index in [0.29, 0.717) is 13.1 Å². The lowest BCUT2D eigenvalue weighted by molar-refractivity contribution is -0.916. The number of nitrogens with zero attached hydrogens (tertiary/aromatic N) is 2. The number of hydrogen-bond acceptors (Lipinski definition) is 2. The fraction of sp³-hybridized carbons (Fsp3) is 0.200. The average molecular weight is 599 g/mol. The quantitative estimate of drug-likeness (QED) is 0.125. The highest BCUT2D eigenvalue weighted by Gasteiger charge is 2.31. The Labute approximate surface area is 265 Å². The van der Waals surface area contributed by atoms with Gasteiger partial charge >= 0.3 is 0 Å². The number of benzene rings is 6. The van der Waals surface area contributed by atoms with E-state index in [2.05, 4.69) is 160 Å². The van der Waals surface area contributed by atoms with Gasteiger partial charge in [-0.1, -0.05) is 119 Å². The van der Waals surface area contributed by atoms with E-state index in [9.17, 15) is 4.55 Å². The molecule has 0 radical (unpaired) electrons. The zero-order valence-electron chi connectivity index (χ0n) is 26.2. The minimum absolute atomic E-state index is 0.652. The first-order valence-corrected chi connectivity index (χ1v) is 16.5. The molecule has 4 heteroatoms. The van der Waals surface area contributed by atoms with Crippen LogP contribution in [0, 0.1) is 13.8 Å². The van der Waals surface area contributed by atoms with Crippen molar-refractivity contribution in [1.82, 2.24) is 4.31 Å². The zero-order valence-corrected chi connectivity index (χ0v) is 27.0. The molecule has 0 saturated heterocycles. The van der Waals surface area contributed by atoms with E-state index in [1.54, 1.807) is 0 Å². The molecule has 0 aliphatic heterocycles. The van der Waals surface area contributed by atoms with Crippen LogP contribution in [0.2, 0.25) is 0 Å². The van der Waals surface area contributed by atoms with Crippen LogP contribution in [0.3, 0.4) is 0 Å². The van der Waals surface area contributed by atoms with Crippen LogP contribution >= 0.6 is 0 Å². The van der Waals surface area contributed by atoms with E-state index >= 15 is 0 Å². The number of hydrogen-bond donors (Lipinski definition) is 1. The molecule has 1 N–H and O–H groups in total. The molecule has 3 nitrogen and oxygen atoms in total. The van der Waals surface area contributed by atoms with Gasteiger partial charge in [0.05, 0.1) is 27.2 Å². The second-order valence-electron chi connectivity index (χ2n) is 12.8. The monoisotopic (exact) mass is 598 g/mol. The predicted octanol–water partition coefficient (Wildman–Crippen LogP) is 9.45. The smallest absolute Gasteiger partial charge is 0.278 e. The Morgan fingerprint density at radius 1 is 0.523 bits per heavy atom. The van der Waals surface area contributed by atoms with Crippen molar-refractivity contribution in [2.75, 3.05) is 14.1 Å². The number of rotatable bonds is 10. The van der Waals surface area contributed by atoms with Crippen molar-refractivity contribution in [2.24, 2.45) is 0 Å². The Balaban J connectivity index is 1.22. The molecule has 6 rings (SSSR count). The third kappa shape index (κ3) is 7.40. The highest BCUT2D eigenvalue weighted by atomic mass is 32.2. The summed E-state index contributed by atoms with van der Waals surface area (Å²) >= 11 is -1.08. The zero-order chi connectivity index (χ0) is 30.7. The normalized spacial score (nSPS) is 12.7. The molecule has 6 aromatic rings. The Bertz CT molecular complexity index is 1880. The highest BCUT2D eigenvalue weighted by Crippen LogP contribution is 2.27. The van der Waals surface area contributed by atoms with Crippen molar-refractivity contribution in [3.05, 3.63) is 161 Å². The number of quaternary nitrogens is 1. The van der Waals surface area contributed by atoms with Gasteiger partial charge in [0, 0.05) is 17.2 Å². The van der Waals surface area contributed by atoms with Crippen molar-refractivity contribution in [2.45, 2.75) is 44.9 Å². The third-order valence-corrected chi connectivity index (χ3v) is 9.66. The summed E-state index contributed by atoms with van der Waals surface area (Å²) in [5, 5.41) is 4.78. The summed E-state index contributed by atoms with van der Waals surface area (Å²) < 4.78 is 14.9. The first-order chi connectivity index (χ1) is 21.2. The van der Waals surface area contributed by atoms with Gasteiger partial charge in [-0.15, -0.1) is 0 Å². The van der Waals surface area contributed by atoms with Crippen molar-refractivity contribution in [3.8, 4) is 0 Å². The van der Waals surface area contributed by atoms with Crippen LogP contribution in [-0.2, 0) is 37.5 Å². The van der Waals surface area contributed by atoms with Gasteiger partial charge in [0.2, 0.25) is 4.90 Å². The van der Waals surface area contributed by atoms with E-state index in [1.165, 1.54) is 49.5 Å². The first kappa shape index (κ1) is 30.1. The van der Waals surface area contributed by atoms with Crippen molar-refractivity contribution >= 4 is 32.9 Å². The summed E-state index contributed by atoms with van der Waals surface area (Å²) in [4.78, 5) is 0.937. The summed E-state index contributed by atoms with van der Waals surface area (Å²) in [5.41, 5.74) is 7.74. The highest BCUT2D eigenvalue weighted by molar-refractivity contribution is 7.89. The second-order valence-corrected chi connectivity index (χ2v) is 14.3. The fourth-order valence-corrected chi connectivity index (χ4v) is 7.57. The van der Waals surface area contributed by atoms with Crippen molar-refractivity contribution in [3.63, 3.8) is 0 Å². The van der Waals surface area contributed by atoms with Gasteiger partial charge in [0.1, 0.15) is 13.1 Å². The number of fused-ring (bicyclic) bond motifs is 2. The summed E-state index contributed by atoms with van der Waals surface area (Å²) in [5.74, 6) is 0. The Hall–Kier alpha value is -3.93. The van der Waals surface area contributed by atoms with Crippen LogP contribution in [-0.4, -0.2) is 27.4 Å². The van der Waals surface area contributed by atoms with E-state index in [0.717, 1.165) is 27.9 Å². The Morgan fingerprint density at radius 2 is 1.02 bits per heavy atom. The van der Waals surface area contributed by atoms with Crippen LogP contribution < -0.4 is 0 Å². The van der Waals surface area contributed by atoms with E-state index in [1.807, 2.05) is 0 Å². The topological polar surface area (TPSA) is 23.5 Å². The molecule has 0 aliphatic carbocycles. The molecule has 0 heterocycles. The molecular weight excluding hydrogens is 557 g/mol. The maximum absolute atomic E-state index is 11.8. The molecule has 0 amide bonds. The molecule has 0 saturated carbocycles. The minimum atomic E-state index is -1.08. The van der Waals surface area contributed by atoms with Crippen molar-refractivity contribution < 1.29 is 9.04 Å². The average Bonchev–Trinajstić information content (AvgIpc) is 3.00. The van der Waals surface area contributed by atoms with Crippen molar-refractivity contribution in [1.29, 1.82) is 0 Å². The largest absolute Gasteiger partial charge is 0.321 e. The molecule has 0 bridgehead atoms. The molecular formula is C40H42N2OS+2. The van der Waals surface area contributed by atoms with Gasteiger partial charge in [-0.2, -0.15) is 4.55 Å². The van der Waals surface area contributed by atoms with Gasteiger partial charge in [-0.25, -0.2) is 0 Å². The molecule has 1 atom stereocenters. The molecule has 6 aromatic carbocycles. The van der Waals surface area contributed by atoms with Gasteiger partial charge in [0.15, 0.2) is 0 Å². The lowest BCUT2D eigenvalue weighted by Crippen LogP contribution is -2.37. The van der Waals surface area contributed by atoms with E-state index in [4.69, 9.17) is 0 Å². The van der Waals surface area contributed by atoms with Gasteiger partial charge in [-0.05, 0) is 64.7 Å². The number of aryl methyl sites for hydroxylation is 2. The van der Waals surface area contributed by atoms with Crippen LogP contribution in [0.25, 0.3) is 21.5 Å². The lowest BCUT2D eigenvalue weighted by Gasteiger charge is -2.30. The standard InChI is InChI=1S/C40H42N2OS/c1-30-21-31(2)23-35(22-30)29-42(3,4)28-33-15-13-32(14-16-33)26-41(27-34-17-18-36-9-5-7-11-38(36)24-34)44(43)40-20-19-37-10-6-8-12-39(37)25-40/h5-25,43H,26-29H2,1-4H3/q+2. The summed E-state index contributed by atoms with van der Waals surface area (Å²) in [6.07, 6.45) is 0. The first-order valence-electron chi connectivity index (χ1n) is 15.3. The maximum atomic E-state index is 11.8. The van der Waals surface area contributed by atoms with Crippen LogP contribution in [0.5, 0.6) is 0 Å². The molecule has 222 valence electrons. The lowest BCUT2D eigenvalue weighted by atomic mass is 10.1. The molecule has 0 aliphatic rings. The van der Waals surface area contributed by atoms with E-state index < -0.39 is 11.4 Å². The summed E-state index contributed by atoms with van der Waals surface area (Å²) in [6, 6.07) is 45.6. The van der Waals surface area contributed by atoms with E-state index in [-0.39, 0.29) is 0 Å². The van der Waals surface area contributed by atoms with Gasteiger partial charge in [0.25, 0.3) is 11.4 Å². The fourth-order valence-electron chi connectivity index (χ4n) is 6.31. The van der Waals surface area contributed by atoms with Crippen LogP contribution in [0.1, 0.15) is 33.4 Å². The molecule has 0 aromatic heterocycles.